The van der Waals surface area contributed by atoms with E-state index in [2.05, 4.69) is 34.3 Å². The predicted molar refractivity (Wildman–Crippen MR) is 71.2 cm³/mol. The van der Waals surface area contributed by atoms with Gasteiger partial charge >= 0.3 is 0 Å². The second-order valence-electron chi connectivity index (χ2n) is 3.87. The lowest BCUT2D eigenvalue weighted by atomic mass is 10.2. The Kier molecular flexibility index (Phi) is 6.58. The summed E-state index contributed by atoms with van der Waals surface area (Å²) in [6.07, 6.45) is 1.84. The summed E-state index contributed by atoms with van der Waals surface area (Å²) in [5, 5.41) is 3.06. The van der Waals surface area contributed by atoms with Crippen molar-refractivity contribution in [1.29, 1.82) is 0 Å². The SMILES string of the molecule is CCOCCN(CC)Cc1ccnc(NC)c1. The molecule has 0 unspecified atom stereocenters. The first-order valence-corrected chi connectivity index (χ1v) is 6.22. The maximum atomic E-state index is 5.38. The fraction of sp³-hybridized carbons (Fsp3) is 0.615. The number of likely N-dealkylation sites (N-methyl/N-ethyl adjacent to an activating group) is 1. The van der Waals surface area contributed by atoms with E-state index in [1.807, 2.05) is 20.2 Å². The Bertz CT molecular complexity index is 317. The largest absolute Gasteiger partial charge is 0.380 e. The maximum Gasteiger partial charge on any atom is 0.125 e. The number of ether oxygens (including phenoxy) is 1. The minimum atomic E-state index is 0.788. The topological polar surface area (TPSA) is 37.4 Å². The van der Waals surface area contributed by atoms with Gasteiger partial charge in [-0.05, 0) is 31.2 Å². The molecule has 96 valence electrons. The van der Waals surface area contributed by atoms with Crippen molar-refractivity contribution in [1.82, 2.24) is 9.88 Å². The first-order valence-electron chi connectivity index (χ1n) is 6.22. The van der Waals surface area contributed by atoms with Gasteiger partial charge in [-0.2, -0.15) is 0 Å². The zero-order chi connectivity index (χ0) is 12.5. The molecule has 0 aliphatic rings. The molecule has 0 aliphatic carbocycles. The van der Waals surface area contributed by atoms with Crippen LogP contribution in [0.5, 0.6) is 0 Å². The van der Waals surface area contributed by atoms with Crippen LogP contribution in [0, 0.1) is 0 Å². The normalized spacial score (nSPS) is 10.8. The molecule has 0 radical (unpaired) electrons. The summed E-state index contributed by atoms with van der Waals surface area (Å²) in [6.45, 7) is 8.74. The summed E-state index contributed by atoms with van der Waals surface area (Å²) >= 11 is 0. The van der Waals surface area contributed by atoms with Gasteiger partial charge in [0.2, 0.25) is 0 Å². The van der Waals surface area contributed by atoms with Gasteiger partial charge in [0, 0.05) is 32.9 Å². The van der Waals surface area contributed by atoms with Gasteiger partial charge in [-0.3, -0.25) is 4.90 Å². The van der Waals surface area contributed by atoms with E-state index in [0.29, 0.717) is 0 Å². The first-order chi connectivity index (χ1) is 8.30. The van der Waals surface area contributed by atoms with Crippen molar-refractivity contribution in [3.05, 3.63) is 23.9 Å². The molecular formula is C13H23N3O. The molecule has 0 atom stereocenters. The summed E-state index contributed by atoms with van der Waals surface area (Å²) in [6, 6.07) is 4.15. The monoisotopic (exact) mass is 237 g/mol. The number of hydrogen-bond donors (Lipinski definition) is 1. The zero-order valence-corrected chi connectivity index (χ0v) is 11.1. The van der Waals surface area contributed by atoms with Crippen molar-refractivity contribution in [2.75, 3.05) is 38.7 Å². The predicted octanol–water partition coefficient (Wildman–Crippen LogP) is 1.98. The molecule has 17 heavy (non-hydrogen) atoms. The van der Waals surface area contributed by atoms with Crippen molar-refractivity contribution >= 4 is 5.82 Å². The van der Waals surface area contributed by atoms with Crippen LogP contribution in [0.2, 0.25) is 0 Å². The Morgan fingerprint density at radius 2 is 2.24 bits per heavy atom. The molecule has 0 saturated heterocycles. The van der Waals surface area contributed by atoms with Crippen LogP contribution >= 0.6 is 0 Å². The van der Waals surface area contributed by atoms with Gasteiger partial charge in [-0.1, -0.05) is 6.92 Å². The van der Waals surface area contributed by atoms with E-state index < -0.39 is 0 Å². The van der Waals surface area contributed by atoms with Crippen LogP contribution in [-0.2, 0) is 11.3 Å². The second-order valence-corrected chi connectivity index (χ2v) is 3.87. The van der Waals surface area contributed by atoms with Gasteiger partial charge < -0.3 is 10.1 Å². The molecule has 1 aromatic rings. The molecular weight excluding hydrogens is 214 g/mol. The van der Waals surface area contributed by atoms with E-state index in [1.165, 1.54) is 5.56 Å². The highest BCUT2D eigenvalue weighted by Crippen LogP contribution is 2.08. The van der Waals surface area contributed by atoms with Crippen LogP contribution < -0.4 is 5.32 Å². The quantitative estimate of drug-likeness (QED) is 0.702. The van der Waals surface area contributed by atoms with Gasteiger partial charge in [0.15, 0.2) is 0 Å². The van der Waals surface area contributed by atoms with Gasteiger partial charge in [0.1, 0.15) is 5.82 Å². The third kappa shape index (κ3) is 5.15. The lowest BCUT2D eigenvalue weighted by Gasteiger charge is -2.20. The zero-order valence-electron chi connectivity index (χ0n) is 11.1. The molecule has 0 spiro atoms. The standard InChI is InChI=1S/C13H23N3O/c1-4-16(8-9-17-5-2)11-12-6-7-15-13(10-12)14-3/h6-7,10H,4-5,8-9,11H2,1-3H3,(H,14,15). The third-order valence-corrected chi connectivity index (χ3v) is 2.69. The van der Waals surface area contributed by atoms with E-state index in [-0.39, 0.29) is 0 Å². The molecule has 1 N–H and O–H groups in total. The van der Waals surface area contributed by atoms with Crippen molar-refractivity contribution < 1.29 is 4.74 Å². The number of aromatic nitrogens is 1. The highest BCUT2D eigenvalue weighted by Gasteiger charge is 2.04. The number of hydrogen-bond acceptors (Lipinski definition) is 4. The average Bonchev–Trinajstić information content (AvgIpc) is 2.38. The first kappa shape index (κ1) is 13.9. The summed E-state index contributed by atoms with van der Waals surface area (Å²) < 4.78 is 5.38. The Balaban J connectivity index is 2.48. The van der Waals surface area contributed by atoms with Crippen molar-refractivity contribution in [3.8, 4) is 0 Å². The lowest BCUT2D eigenvalue weighted by molar-refractivity contribution is 0.113. The second kappa shape index (κ2) is 8.03. The average molecular weight is 237 g/mol. The molecule has 0 aromatic carbocycles. The third-order valence-electron chi connectivity index (χ3n) is 2.69. The van der Waals surface area contributed by atoms with Crippen molar-refractivity contribution in [3.63, 3.8) is 0 Å². The number of anilines is 1. The summed E-state index contributed by atoms with van der Waals surface area (Å²) in [7, 11) is 1.89. The molecule has 0 bridgehead atoms. The summed E-state index contributed by atoms with van der Waals surface area (Å²) in [4.78, 5) is 6.58. The maximum absolute atomic E-state index is 5.38. The van der Waals surface area contributed by atoms with E-state index >= 15 is 0 Å². The highest BCUT2D eigenvalue weighted by atomic mass is 16.5. The molecule has 4 nitrogen and oxygen atoms in total. The fourth-order valence-corrected chi connectivity index (χ4v) is 1.65. The molecule has 0 amide bonds. The van der Waals surface area contributed by atoms with Gasteiger partial charge in [0.25, 0.3) is 0 Å². The Morgan fingerprint density at radius 1 is 1.41 bits per heavy atom. The van der Waals surface area contributed by atoms with Crippen molar-refractivity contribution in [2.45, 2.75) is 20.4 Å². The molecule has 1 heterocycles. The summed E-state index contributed by atoms with van der Waals surface area (Å²) in [5.41, 5.74) is 1.28. The molecule has 0 saturated carbocycles. The number of nitrogens with one attached hydrogen (secondary N) is 1. The minimum absolute atomic E-state index is 0.788. The van der Waals surface area contributed by atoms with Gasteiger partial charge in [-0.25, -0.2) is 4.98 Å². The minimum Gasteiger partial charge on any atom is -0.380 e. The Hall–Kier alpha value is -1.13. The van der Waals surface area contributed by atoms with Crippen LogP contribution in [0.3, 0.4) is 0 Å². The lowest BCUT2D eigenvalue weighted by Crippen LogP contribution is -2.27. The van der Waals surface area contributed by atoms with Crippen LogP contribution in [0.15, 0.2) is 18.3 Å². The van der Waals surface area contributed by atoms with Crippen LogP contribution in [0.25, 0.3) is 0 Å². The number of nitrogens with zero attached hydrogens (tertiary/aromatic N) is 2. The smallest absolute Gasteiger partial charge is 0.125 e. The van der Waals surface area contributed by atoms with E-state index in [4.69, 9.17) is 4.74 Å². The molecule has 0 fully saturated rings. The van der Waals surface area contributed by atoms with Gasteiger partial charge in [-0.15, -0.1) is 0 Å². The number of pyridine rings is 1. The molecule has 0 aliphatic heterocycles. The summed E-state index contributed by atoms with van der Waals surface area (Å²) in [5.74, 6) is 0.920. The number of rotatable bonds is 8. The van der Waals surface area contributed by atoms with Crippen molar-refractivity contribution in [2.24, 2.45) is 0 Å². The molecule has 1 aromatic heterocycles. The van der Waals surface area contributed by atoms with E-state index in [1.54, 1.807) is 0 Å². The molecule has 4 heteroatoms. The Labute approximate surface area is 104 Å². The van der Waals surface area contributed by atoms with Crippen LogP contribution in [0.1, 0.15) is 19.4 Å². The highest BCUT2D eigenvalue weighted by molar-refractivity contribution is 5.36. The van der Waals surface area contributed by atoms with Crippen LogP contribution in [0.4, 0.5) is 5.82 Å². The van der Waals surface area contributed by atoms with E-state index in [9.17, 15) is 0 Å². The van der Waals surface area contributed by atoms with Crippen LogP contribution in [-0.4, -0.2) is 43.2 Å². The Morgan fingerprint density at radius 3 is 2.88 bits per heavy atom. The van der Waals surface area contributed by atoms with E-state index in [0.717, 1.165) is 38.7 Å². The van der Waals surface area contributed by atoms with Gasteiger partial charge in [0.05, 0.1) is 6.61 Å². The fourth-order valence-electron chi connectivity index (χ4n) is 1.65. The molecule has 1 rings (SSSR count).